The summed E-state index contributed by atoms with van der Waals surface area (Å²) in [5.41, 5.74) is 0.710. The Balaban J connectivity index is 2.91. The SMILES string of the molecule is OCCC(O)c1cc(Cl)ccc1Br. The van der Waals surface area contributed by atoms with Gasteiger partial charge in [0.1, 0.15) is 0 Å². The maximum absolute atomic E-state index is 9.58. The van der Waals surface area contributed by atoms with Crippen molar-refractivity contribution in [3.63, 3.8) is 0 Å². The summed E-state index contributed by atoms with van der Waals surface area (Å²) in [6, 6.07) is 5.20. The average molecular weight is 266 g/mol. The minimum absolute atomic E-state index is 0.0415. The zero-order chi connectivity index (χ0) is 9.84. The van der Waals surface area contributed by atoms with Gasteiger partial charge < -0.3 is 10.2 Å². The summed E-state index contributed by atoms with van der Waals surface area (Å²) in [6.07, 6.45) is -0.350. The van der Waals surface area contributed by atoms with Crippen molar-refractivity contribution in [2.24, 2.45) is 0 Å². The van der Waals surface area contributed by atoms with Crippen molar-refractivity contribution in [3.05, 3.63) is 33.3 Å². The van der Waals surface area contributed by atoms with Gasteiger partial charge in [0.05, 0.1) is 6.10 Å². The van der Waals surface area contributed by atoms with Crippen molar-refractivity contribution in [2.75, 3.05) is 6.61 Å². The van der Waals surface area contributed by atoms with Crippen LogP contribution in [0.2, 0.25) is 5.02 Å². The molecule has 2 nitrogen and oxygen atoms in total. The number of halogens is 2. The smallest absolute Gasteiger partial charge is 0.0823 e. The molecule has 1 atom stereocenters. The predicted molar refractivity (Wildman–Crippen MR) is 55.8 cm³/mol. The van der Waals surface area contributed by atoms with Gasteiger partial charge in [-0.25, -0.2) is 0 Å². The first-order valence-electron chi connectivity index (χ1n) is 3.89. The Morgan fingerprint density at radius 2 is 2.15 bits per heavy atom. The quantitative estimate of drug-likeness (QED) is 0.882. The summed E-state index contributed by atoms with van der Waals surface area (Å²) in [5.74, 6) is 0. The van der Waals surface area contributed by atoms with E-state index < -0.39 is 6.10 Å². The number of rotatable bonds is 3. The molecule has 0 aliphatic heterocycles. The third-order valence-electron chi connectivity index (χ3n) is 1.72. The van der Waals surface area contributed by atoms with E-state index >= 15 is 0 Å². The van der Waals surface area contributed by atoms with Gasteiger partial charge in [-0.3, -0.25) is 0 Å². The van der Waals surface area contributed by atoms with E-state index in [1.807, 2.05) is 0 Å². The van der Waals surface area contributed by atoms with E-state index in [2.05, 4.69) is 15.9 Å². The van der Waals surface area contributed by atoms with Gasteiger partial charge in [-0.2, -0.15) is 0 Å². The van der Waals surface area contributed by atoms with Gasteiger partial charge in [0.25, 0.3) is 0 Å². The Morgan fingerprint density at radius 3 is 2.77 bits per heavy atom. The molecule has 0 heterocycles. The Hall–Kier alpha value is -0.0900. The molecule has 0 aromatic heterocycles. The van der Waals surface area contributed by atoms with Crippen LogP contribution in [-0.2, 0) is 0 Å². The van der Waals surface area contributed by atoms with Gasteiger partial charge in [0.15, 0.2) is 0 Å². The first-order chi connectivity index (χ1) is 6.15. The molecular weight excluding hydrogens is 255 g/mol. The van der Waals surface area contributed by atoms with Crippen molar-refractivity contribution in [3.8, 4) is 0 Å². The van der Waals surface area contributed by atoms with E-state index in [9.17, 15) is 5.11 Å². The Bertz CT molecular complexity index is 291. The monoisotopic (exact) mass is 264 g/mol. The largest absolute Gasteiger partial charge is 0.396 e. The Morgan fingerprint density at radius 1 is 1.46 bits per heavy atom. The standard InChI is InChI=1S/C9H10BrClO2/c10-8-2-1-6(11)5-7(8)9(13)3-4-12/h1-2,5,9,12-13H,3-4H2. The molecule has 1 rings (SSSR count). The van der Waals surface area contributed by atoms with Crippen LogP contribution < -0.4 is 0 Å². The van der Waals surface area contributed by atoms with Crippen LogP contribution >= 0.6 is 27.5 Å². The molecule has 1 aromatic carbocycles. The lowest BCUT2D eigenvalue weighted by atomic mass is 10.1. The first kappa shape index (κ1) is 11.0. The number of hydrogen-bond donors (Lipinski definition) is 2. The van der Waals surface area contributed by atoms with Crippen LogP contribution in [-0.4, -0.2) is 16.8 Å². The molecule has 2 N–H and O–H groups in total. The lowest BCUT2D eigenvalue weighted by Gasteiger charge is -2.11. The number of aliphatic hydroxyl groups is 2. The van der Waals surface area contributed by atoms with E-state index in [1.165, 1.54) is 0 Å². The number of hydrogen-bond acceptors (Lipinski definition) is 2. The summed E-state index contributed by atoms with van der Waals surface area (Å²) in [7, 11) is 0. The van der Waals surface area contributed by atoms with Crippen molar-refractivity contribution < 1.29 is 10.2 Å². The summed E-state index contributed by atoms with van der Waals surface area (Å²) in [4.78, 5) is 0. The number of benzene rings is 1. The molecule has 0 spiro atoms. The van der Waals surface area contributed by atoms with Crippen molar-refractivity contribution in [1.82, 2.24) is 0 Å². The molecule has 1 unspecified atom stereocenters. The predicted octanol–water partition coefficient (Wildman–Crippen LogP) is 2.52. The maximum atomic E-state index is 9.58. The molecule has 0 aliphatic carbocycles. The minimum atomic E-state index is -0.668. The van der Waals surface area contributed by atoms with E-state index in [-0.39, 0.29) is 6.61 Å². The van der Waals surface area contributed by atoms with Gasteiger partial charge >= 0.3 is 0 Å². The molecule has 0 aliphatic rings. The molecule has 1 aromatic rings. The van der Waals surface area contributed by atoms with Crippen LogP contribution in [0.5, 0.6) is 0 Å². The molecule has 0 bridgehead atoms. The highest BCUT2D eigenvalue weighted by atomic mass is 79.9. The van der Waals surface area contributed by atoms with Crippen molar-refractivity contribution >= 4 is 27.5 Å². The first-order valence-corrected chi connectivity index (χ1v) is 5.06. The molecule has 72 valence electrons. The zero-order valence-electron chi connectivity index (χ0n) is 6.87. The van der Waals surface area contributed by atoms with Crippen molar-refractivity contribution in [2.45, 2.75) is 12.5 Å². The van der Waals surface area contributed by atoms with Gasteiger partial charge in [0.2, 0.25) is 0 Å². The molecule has 13 heavy (non-hydrogen) atoms. The highest BCUT2D eigenvalue weighted by Crippen LogP contribution is 2.28. The third kappa shape index (κ3) is 2.95. The van der Waals surface area contributed by atoms with Crippen LogP contribution in [0.3, 0.4) is 0 Å². The molecule has 0 saturated heterocycles. The third-order valence-corrected chi connectivity index (χ3v) is 2.68. The fourth-order valence-corrected chi connectivity index (χ4v) is 1.74. The normalized spacial score (nSPS) is 12.9. The lowest BCUT2D eigenvalue weighted by Crippen LogP contribution is -2.00. The minimum Gasteiger partial charge on any atom is -0.396 e. The summed E-state index contributed by atoms with van der Waals surface area (Å²) < 4.78 is 0.804. The van der Waals surface area contributed by atoms with Gasteiger partial charge in [-0.15, -0.1) is 0 Å². The zero-order valence-corrected chi connectivity index (χ0v) is 9.22. The summed E-state index contributed by atoms with van der Waals surface area (Å²) in [6.45, 7) is -0.0415. The molecular formula is C9H10BrClO2. The van der Waals surface area contributed by atoms with Gasteiger partial charge in [-0.1, -0.05) is 27.5 Å². The second-order valence-electron chi connectivity index (χ2n) is 2.69. The second kappa shape index (κ2) is 4.96. The summed E-state index contributed by atoms with van der Waals surface area (Å²) in [5, 5.41) is 18.8. The van der Waals surface area contributed by atoms with Crippen LogP contribution in [0.25, 0.3) is 0 Å². The fraction of sp³-hybridized carbons (Fsp3) is 0.333. The van der Waals surface area contributed by atoms with Gasteiger partial charge in [-0.05, 0) is 23.8 Å². The van der Waals surface area contributed by atoms with Gasteiger partial charge in [0, 0.05) is 22.5 Å². The van der Waals surface area contributed by atoms with Crippen LogP contribution in [0.1, 0.15) is 18.1 Å². The number of aliphatic hydroxyl groups excluding tert-OH is 2. The van der Waals surface area contributed by atoms with Crippen molar-refractivity contribution in [1.29, 1.82) is 0 Å². The average Bonchev–Trinajstić information content (AvgIpc) is 2.09. The molecule has 0 radical (unpaired) electrons. The highest BCUT2D eigenvalue weighted by molar-refractivity contribution is 9.10. The van der Waals surface area contributed by atoms with E-state index in [1.54, 1.807) is 18.2 Å². The topological polar surface area (TPSA) is 40.5 Å². The lowest BCUT2D eigenvalue weighted by molar-refractivity contribution is 0.134. The van der Waals surface area contributed by atoms with Crippen LogP contribution in [0.15, 0.2) is 22.7 Å². The van der Waals surface area contributed by atoms with Crippen LogP contribution in [0, 0.1) is 0 Å². The molecule has 0 fully saturated rings. The maximum Gasteiger partial charge on any atom is 0.0823 e. The Kier molecular flexibility index (Phi) is 4.19. The highest BCUT2D eigenvalue weighted by Gasteiger charge is 2.10. The molecule has 4 heteroatoms. The second-order valence-corrected chi connectivity index (χ2v) is 3.98. The van der Waals surface area contributed by atoms with E-state index in [0.717, 1.165) is 4.47 Å². The summed E-state index contributed by atoms with van der Waals surface area (Å²) >= 11 is 9.07. The Labute approximate surface area is 90.3 Å². The van der Waals surface area contributed by atoms with E-state index in [4.69, 9.17) is 16.7 Å². The molecule has 0 saturated carbocycles. The molecule has 0 amide bonds. The van der Waals surface area contributed by atoms with Crippen LogP contribution in [0.4, 0.5) is 0 Å². The fourth-order valence-electron chi connectivity index (χ4n) is 1.05. The van der Waals surface area contributed by atoms with E-state index in [0.29, 0.717) is 17.0 Å².